The van der Waals surface area contributed by atoms with Gasteiger partial charge in [-0.15, -0.1) is 0 Å². The lowest BCUT2D eigenvalue weighted by molar-refractivity contribution is 0.197. The SMILES string of the molecule is CCn1nc(C)cc1CN(Cc1ccc(N)cc1)C(C)C. The van der Waals surface area contributed by atoms with Crippen LogP contribution in [-0.2, 0) is 19.6 Å². The Bertz CT molecular complexity index is 569. The van der Waals surface area contributed by atoms with Gasteiger partial charge in [0.25, 0.3) is 0 Å². The topological polar surface area (TPSA) is 47.1 Å². The van der Waals surface area contributed by atoms with Gasteiger partial charge in [-0.05, 0) is 51.5 Å². The molecule has 21 heavy (non-hydrogen) atoms. The van der Waals surface area contributed by atoms with Crippen molar-refractivity contribution in [2.24, 2.45) is 0 Å². The Morgan fingerprint density at radius 3 is 2.43 bits per heavy atom. The second-order valence-electron chi connectivity index (χ2n) is 5.83. The van der Waals surface area contributed by atoms with E-state index in [4.69, 9.17) is 5.73 Å². The van der Waals surface area contributed by atoms with E-state index in [0.717, 1.165) is 31.0 Å². The maximum Gasteiger partial charge on any atom is 0.0597 e. The Hall–Kier alpha value is -1.81. The quantitative estimate of drug-likeness (QED) is 0.830. The minimum Gasteiger partial charge on any atom is -0.399 e. The van der Waals surface area contributed by atoms with Crippen LogP contribution in [0.25, 0.3) is 0 Å². The fourth-order valence-electron chi connectivity index (χ4n) is 2.49. The summed E-state index contributed by atoms with van der Waals surface area (Å²) in [7, 11) is 0. The molecule has 1 heterocycles. The number of hydrogen-bond donors (Lipinski definition) is 1. The zero-order valence-electron chi connectivity index (χ0n) is 13.5. The fraction of sp³-hybridized carbons (Fsp3) is 0.471. The molecule has 4 heteroatoms. The Balaban J connectivity index is 2.13. The number of nitrogens with zero attached hydrogens (tertiary/aromatic N) is 3. The molecule has 0 saturated heterocycles. The Morgan fingerprint density at radius 1 is 1.19 bits per heavy atom. The lowest BCUT2D eigenvalue weighted by atomic mass is 10.1. The molecule has 0 unspecified atom stereocenters. The van der Waals surface area contributed by atoms with E-state index < -0.39 is 0 Å². The van der Waals surface area contributed by atoms with Crippen LogP contribution in [0.5, 0.6) is 0 Å². The van der Waals surface area contributed by atoms with Crippen molar-refractivity contribution in [3.8, 4) is 0 Å². The average Bonchev–Trinajstić information content (AvgIpc) is 2.80. The van der Waals surface area contributed by atoms with Crippen molar-refractivity contribution in [2.45, 2.75) is 53.4 Å². The van der Waals surface area contributed by atoms with Crippen molar-refractivity contribution in [2.75, 3.05) is 5.73 Å². The van der Waals surface area contributed by atoms with Crippen molar-refractivity contribution in [3.05, 3.63) is 47.3 Å². The molecule has 1 aromatic carbocycles. The summed E-state index contributed by atoms with van der Waals surface area (Å²) < 4.78 is 2.09. The number of nitrogens with two attached hydrogens (primary N) is 1. The van der Waals surface area contributed by atoms with Crippen LogP contribution >= 0.6 is 0 Å². The van der Waals surface area contributed by atoms with E-state index in [1.54, 1.807) is 0 Å². The largest absolute Gasteiger partial charge is 0.399 e. The minimum atomic E-state index is 0.475. The standard InChI is InChI=1S/C17H26N4/c1-5-21-17(10-14(4)19-21)12-20(13(2)3)11-15-6-8-16(18)9-7-15/h6-10,13H,5,11-12,18H2,1-4H3. The van der Waals surface area contributed by atoms with E-state index in [9.17, 15) is 0 Å². The molecule has 2 rings (SSSR count). The number of hydrogen-bond acceptors (Lipinski definition) is 3. The molecule has 1 aromatic heterocycles. The van der Waals surface area contributed by atoms with Gasteiger partial charge < -0.3 is 5.73 Å². The van der Waals surface area contributed by atoms with Crippen LogP contribution in [0.15, 0.2) is 30.3 Å². The first-order valence-electron chi connectivity index (χ1n) is 7.61. The molecule has 0 aliphatic rings. The number of benzene rings is 1. The van der Waals surface area contributed by atoms with Gasteiger partial charge >= 0.3 is 0 Å². The second kappa shape index (κ2) is 6.76. The molecule has 0 aliphatic carbocycles. The third kappa shape index (κ3) is 4.08. The van der Waals surface area contributed by atoms with Crippen LogP contribution in [0.1, 0.15) is 37.7 Å². The highest BCUT2D eigenvalue weighted by molar-refractivity contribution is 5.39. The van der Waals surface area contributed by atoms with Crippen LogP contribution in [0, 0.1) is 6.92 Å². The number of rotatable bonds is 6. The maximum atomic E-state index is 5.76. The van der Waals surface area contributed by atoms with Crippen molar-refractivity contribution < 1.29 is 0 Å². The average molecular weight is 286 g/mol. The summed E-state index contributed by atoms with van der Waals surface area (Å²) in [6.45, 7) is 11.4. The summed E-state index contributed by atoms with van der Waals surface area (Å²) in [6, 6.07) is 10.8. The molecule has 0 saturated carbocycles. The van der Waals surface area contributed by atoms with Crippen LogP contribution in [0.2, 0.25) is 0 Å². The van der Waals surface area contributed by atoms with Gasteiger partial charge in [0.2, 0.25) is 0 Å². The first kappa shape index (κ1) is 15.6. The molecule has 0 bridgehead atoms. The van der Waals surface area contributed by atoms with Crippen LogP contribution < -0.4 is 5.73 Å². The molecule has 0 radical (unpaired) electrons. The van der Waals surface area contributed by atoms with E-state index >= 15 is 0 Å². The highest BCUT2D eigenvalue weighted by Crippen LogP contribution is 2.15. The zero-order chi connectivity index (χ0) is 15.4. The summed E-state index contributed by atoms with van der Waals surface area (Å²) >= 11 is 0. The molecule has 2 aromatic rings. The summed E-state index contributed by atoms with van der Waals surface area (Å²) in [6.07, 6.45) is 0. The first-order valence-corrected chi connectivity index (χ1v) is 7.61. The molecule has 0 aliphatic heterocycles. The van der Waals surface area contributed by atoms with Gasteiger partial charge in [-0.3, -0.25) is 9.58 Å². The minimum absolute atomic E-state index is 0.475. The van der Waals surface area contributed by atoms with E-state index in [0.29, 0.717) is 6.04 Å². The maximum absolute atomic E-state index is 5.76. The van der Waals surface area contributed by atoms with E-state index in [2.05, 4.69) is 60.6 Å². The highest BCUT2D eigenvalue weighted by Gasteiger charge is 2.14. The number of aromatic nitrogens is 2. The molecule has 0 atom stereocenters. The Labute approximate surface area is 127 Å². The lowest BCUT2D eigenvalue weighted by Crippen LogP contribution is -2.30. The van der Waals surface area contributed by atoms with Gasteiger partial charge in [0.05, 0.1) is 11.4 Å². The van der Waals surface area contributed by atoms with Crippen molar-refractivity contribution in [3.63, 3.8) is 0 Å². The third-order valence-corrected chi connectivity index (χ3v) is 3.75. The van der Waals surface area contributed by atoms with E-state index in [-0.39, 0.29) is 0 Å². The van der Waals surface area contributed by atoms with Gasteiger partial charge in [-0.2, -0.15) is 5.10 Å². The van der Waals surface area contributed by atoms with Crippen LogP contribution in [0.3, 0.4) is 0 Å². The summed E-state index contributed by atoms with van der Waals surface area (Å²) in [5, 5.41) is 4.53. The predicted octanol–water partition coefficient (Wildman–Crippen LogP) is 3.20. The zero-order valence-corrected chi connectivity index (χ0v) is 13.5. The highest BCUT2D eigenvalue weighted by atomic mass is 15.3. The molecular formula is C17H26N4. The fourth-order valence-corrected chi connectivity index (χ4v) is 2.49. The molecule has 0 amide bonds. The smallest absolute Gasteiger partial charge is 0.0597 e. The van der Waals surface area contributed by atoms with Crippen molar-refractivity contribution >= 4 is 5.69 Å². The molecule has 4 nitrogen and oxygen atoms in total. The molecule has 0 fully saturated rings. The van der Waals surface area contributed by atoms with Gasteiger partial charge in [0.15, 0.2) is 0 Å². The first-order chi connectivity index (χ1) is 9.99. The Kier molecular flexibility index (Phi) is 5.02. The van der Waals surface area contributed by atoms with Gasteiger partial charge in [0.1, 0.15) is 0 Å². The predicted molar refractivity (Wildman–Crippen MR) is 87.9 cm³/mol. The monoisotopic (exact) mass is 286 g/mol. The molecule has 114 valence electrons. The normalized spacial score (nSPS) is 11.5. The van der Waals surface area contributed by atoms with Gasteiger partial charge in [0, 0.05) is 31.4 Å². The number of anilines is 1. The third-order valence-electron chi connectivity index (χ3n) is 3.75. The summed E-state index contributed by atoms with van der Waals surface area (Å²) in [5.41, 5.74) is 10.2. The number of nitrogen functional groups attached to an aromatic ring is 1. The summed E-state index contributed by atoms with van der Waals surface area (Å²) in [4.78, 5) is 2.45. The second-order valence-corrected chi connectivity index (χ2v) is 5.83. The van der Waals surface area contributed by atoms with Gasteiger partial charge in [-0.1, -0.05) is 12.1 Å². The van der Waals surface area contributed by atoms with Crippen LogP contribution in [-0.4, -0.2) is 20.7 Å². The Morgan fingerprint density at radius 2 is 1.86 bits per heavy atom. The molecular weight excluding hydrogens is 260 g/mol. The van der Waals surface area contributed by atoms with E-state index in [1.807, 2.05) is 12.1 Å². The van der Waals surface area contributed by atoms with Crippen LogP contribution in [0.4, 0.5) is 5.69 Å². The van der Waals surface area contributed by atoms with Crippen molar-refractivity contribution in [1.82, 2.24) is 14.7 Å². The lowest BCUT2D eigenvalue weighted by Gasteiger charge is -2.26. The number of aryl methyl sites for hydroxylation is 2. The molecule has 0 spiro atoms. The van der Waals surface area contributed by atoms with E-state index in [1.165, 1.54) is 11.3 Å². The van der Waals surface area contributed by atoms with Gasteiger partial charge in [-0.25, -0.2) is 0 Å². The van der Waals surface area contributed by atoms with Crippen molar-refractivity contribution in [1.29, 1.82) is 0 Å². The summed E-state index contributed by atoms with van der Waals surface area (Å²) in [5.74, 6) is 0. The molecule has 2 N–H and O–H groups in total.